The predicted octanol–water partition coefficient (Wildman–Crippen LogP) is 7.91. The summed E-state index contributed by atoms with van der Waals surface area (Å²) in [7, 11) is 1.62. The second kappa shape index (κ2) is 14.5. The molecule has 0 saturated carbocycles. The molecular weight excluding hydrogens is 739 g/mol. The van der Waals surface area contributed by atoms with Crippen molar-refractivity contribution in [3.63, 3.8) is 0 Å². The third kappa shape index (κ3) is 7.15. The molecule has 3 N–H and O–H groups in total. The van der Waals surface area contributed by atoms with Crippen LogP contribution >= 0.6 is 11.9 Å². The van der Waals surface area contributed by atoms with E-state index < -0.39 is 24.5 Å². The van der Waals surface area contributed by atoms with Crippen molar-refractivity contribution in [2.24, 2.45) is 0 Å². The van der Waals surface area contributed by atoms with E-state index in [2.05, 4.69) is 30.0 Å². The molecule has 282 valence electrons. The van der Waals surface area contributed by atoms with Crippen LogP contribution in [0.5, 0.6) is 5.75 Å². The Kier molecular flexibility index (Phi) is 9.92. The van der Waals surface area contributed by atoms with Crippen molar-refractivity contribution in [1.29, 1.82) is 0 Å². The predicted molar refractivity (Wildman–Crippen MR) is 193 cm³/mol. The summed E-state index contributed by atoms with van der Waals surface area (Å²) in [4.78, 5) is 16.9. The Morgan fingerprint density at radius 3 is 2.33 bits per heavy atom. The number of hydrogen-bond acceptors (Lipinski definition) is 11. The number of nitrogens with zero attached hydrogens (tertiary/aromatic N) is 6. The number of alkyl halides is 6. The number of methoxy groups -OCH3 is 1. The molecule has 0 atom stereocenters. The first-order valence-electron chi connectivity index (χ1n) is 16.5. The zero-order chi connectivity index (χ0) is 38.3. The molecule has 0 amide bonds. The number of ether oxygens (including phenoxy) is 2. The number of aryl methyl sites for hydroxylation is 1. The Labute approximate surface area is 308 Å². The Balaban J connectivity index is 1.09. The number of morpholine rings is 1. The van der Waals surface area contributed by atoms with E-state index in [1.54, 1.807) is 38.6 Å². The first-order chi connectivity index (χ1) is 25.8. The van der Waals surface area contributed by atoms with Crippen LogP contribution in [0, 0.1) is 6.92 Å². The van der Waals surface area contributed by atoms with Gasteiger partial charge in [0.05, 0.1) is 44.3 Å². The van der Waals surface area contributed by atoms with Crippen molar-refractivity contribution in [2.75, 3.05) is 48.4 Å². The molecular formula is C36H32F6N8O3S. The van der Waals surface area contributed by atoms with E-state index >= 15 is 0 Å². The number of nitrogens with one attached hydrogen (secondary N) is 2. The number of aromatic nitrogens is 5. The molecule has 0 radical (unpaired) electrons. The number of halogens is 6. The number of anilines is 4. The summed E-state index contributed by atoms with van der Waals surface area (Å²) in [5.74, 6) is 2.62. The van der Waals surface area contributed by atoms with Gasteiger partial charge in [-0.15, -0.1) is 0 Å². The molecule has 1 aliphatic rings. The fourth-order valence-corrected chi connectivity index (χ4v) is 6.71. The zero-order valence-corrected chi connectivity index (χ0v) is 29.5. The minimum Gasteiger partial charge on any atom is -0.493 e. The molecule has 11 nitrogen and oxygen atoms in total. The van der Waals surface area contributed by atoms with E-state index in [0.29, 0.717) is 62.9 Å². The molecule has 4 aromatic heterocycles. The molecule has 0 aliphatic carbocycles. The van der Waals surface area contributed by atoms with Gasteiger partial charge in [-0.3, -0.25) is 9.67 Å². The quantitative estimate of drug-likeness (QED) is 0.0931. The van der Waals surface area contributed by atoms with Crippen LogP contribution in [0.1, 0.15) is 5.56 Å². The van der Waals surface area contributed by atoms with Crippen molar-refractivity contribution in [1.82, 2.24) is 24.7 Å². The molecule has 7 rings (SSSR count). The van der Waals surface area contributed by atoms with Crippen LogP contribution in [-0.4, -0.2) is 81.2 Å². The molecule has 6 aromatic rings. The lowest BCUT2D eigenvalue weighted by atomic mass is 9.98. The third-order valence-electron chi connectivity index (χ3n) is 9.09. The van der Waals surface area contributed by atoms with Gasteiger partial charge in [-0.25, -0.2) is 9.97 Å². The molecule has 0 spiro atoms. The van der Waals surface area contributed by atoms with Gasteiger partial charge in [0.2, 0.25) is 0 Å². The number of fused-ring (bicyclic) bond motifs is 2. The van der Waals surface area contributed by atoms with Gasteiger partial charge in [0.25, 0.3) is 5.60 Å². The Morgan fingerprint density at radius 2 is 1.63 bits per heavy atom. The van der Waals surface area contributed by atoms with E-state index in [9.17, 15) is 31.4 Å². The highest BCUT2D eigenvalue weighted by molar-refractivity contribution is 8.00. The van der Waals surface area contributed by atoms with Gasteiger partial charge in [-0.05, 0) is 79.0 Å². The van der Waals surface area contributed by atoms with Gasteiger partial charge in [0.15, 0.2) is 11.6 Å². The van der Waals surface area contributed by atoms with Crippen LogP contribution in [0.2, 0.25) is 0 Å². The average Bonchev–Trinajstić information content (AvgIpc) is 3.57. The second-order valence-corrected chi connectivity index (χ2v) is 13.3. The lowest BCUT2D eigenvalue weighted by Crippen LogP contribution is -2.59. The highest BCUT2D eigenvalue weighted by Gasteiger charge is 2.70. The van der Waals surface area contributed by atoms with E-state index in [-0.39, 0.29) is 5.52 Å². The summed E-state index contributed by atoms with van der Waals surface area (Å²) in [5, 5.41) is 18.6. The average molecular weight is 771 g/mol. The number of pyridine rings is 3. The maximum atomic E-state index is 13.4. The molecule has 1 fully saturated rings. The lowest BCUT2D eigenvalue weighted by molar-refractivity contribution is -0.372. The highest BCUT2D eigenvalue weighted by Crippen LogP contribution is 2.45. The van der Waals surface area contributed by atoms with E-state index in [1.807, 2.05) is 42.5 Å². The second-order valence-electron chi connectivity index (χ2n) is 12.5. The zero-order valence-electron chi connectivity index (χ0n) is 28.7. The summed E-state index contributed by atoms with van der Waals surface area (Å²) in [6.07, 6.45) is -7.53. The Morgan fingerprint density at radius 1 is 0.889 bits per heavy atom. The Bertz CT molecular complexity index is 2280. The molecule has 0 bridgehead atoms. The van der Waals surface area contributed by atoms with Crippen molar-refractivity contribution >= 4 is 56.8 Å². The first kappa shape index (κ1) is 37.0. The maximum Gasteiger partial charge on any atom is 0.428 e. The molecule has 0 unspecified atom stereocenters. The maximum absolute atomic E-state index is 13.4. The SMILES string of the molecule is COc1ccc(NSc2ccc(Nc3cc4c(-c5ccc6c(cnn6CC(O)(C(F)(F)F)C(F)(F)F)c5C)nccc4cn3)cc2)nc1N1CCOCC1. The summed E-state index contributed by atoms with van der Waals surface area (Å²) in [6.45, 7) is 2.51. The molecule has 5 heterocycles. The molecule has 1 saturated heterocycles. The molecule has 2 aromatic carbocycles. The topological polar surface area (TPSA) is 122 Å². The minimum atomic E-state index is -5.98. The summed E-state index contributed by atoms with van der Waals surface area (Å²) in [5.41, 5.74) is -2.61. The number of aliphatic hydroxyl groups is 1. The van der Waals surface area contributed by atoms with E-state index in [4.69, 9.17) is 14.5 Å². The number of rotatable bonds is 10. The number of hydrogen-bond donors (Lipinski definition) is 3. The lowest BCUT2D eigenvalue weighted by Gasteiger charge is -2.32. The molecule has 54 heavy (non-hydrogen) atoms. The summed E-state index contributed by atoms with van der Waals surface area (Å²) < 4.78 is 95.3. The van der Waals surface area contributed by atoms with Crippen LogP contribution < -0.4 is 19.7 Å². The van der Waals surface area contributed by atoms with Crippen molar-refractivity contribution in [2.45, 2.75) is 36.3 Å². The standard InChI is InChI=1S/C36H32F6N8O3S/c1-21-25(7-8-28-27(21)19-45-50(28)20-34(51,35(37,38)39)36(40,41)42)32-26-17-31(44-18-22(26)11-12-43-32)46-23-3-5-24(6-4-23)54-48-30-10-9-29(52-2)33(47-30)49-13-15-53-16-14-49/h3-12,17-19,51H,13-16,20H2,1-2H3,(H,44,46)(H,47,48). The smallest absolute Gasteiger partial charge is 0.428 e. The van der Waals surface area contributed by atoms with Crippen LogP contribution in [0.15, 0.2) is 84.1 Å². The van der Waals surface area contributed by atoms with Crippen LogP contribution in [0.3, 0.4) is 0 Å². The first-order valence-corrected chi connectivity index (χ1v) is 17.3. The van der Waals surface area contributed by atoms with Gasteiger partial charge in [-0.1, -0.05) is 6.07 Å². The monoisotopic (exact) mass is 770 g/mol. The Hall–Kier alpha value is -5.33. The van der Waals surface area contributed by atoms with Crippen molar-refractivity contribution < 1.29 is 40.9 Å². The van der Waals surface area contributed by atoms with Gasteiger partial charge < -0.3 is 29.5 Å². The fourth-order valence-electron chi connectivity index (χ4n) is 6.10. The summed E-state index contributed by atoms with van der Waals surface area (Å²) >= 11 is 1.40. The van der Waals surface area contributed by atoms with Crippen molar-refractivity contribution in [3.05, 3.63) is 84.8 Å². The van der Waals surface area contributed by atoms with Gasteiger partial charge >= 0.3 is 12.4 Å². The minimum absolute atomic E-state index is 0.0118. The van der Waals surface area contributed by atoms with Crippen LogP contribution in [-0.2, 0) is 11.3 Å². The summed E-state index contributed by atoms with van der Waals surface area (Å²) in [6, 6.07) is 17.9. The third-order valence-corrected chi connectivity index (χ3v) is 9.90. The molecule has 18 heteroatoms. The van der Waals surface area contributed by atoms with Gasteiger partial charge in [-0.2, -0.15) is 31.4 Å². The van der Waals surface area contributed by atoms with Gasteiger partial charge in [0.1, 0.15) is 11.6 Å². The van der Waals surface area contributed by atoms with E-state index in [1.165, 1.54) is 24.2 Å². The molecule has 1 aliphatic heterocycles. The van der Waals surface area contributed by atoms with Crippen LogP contribution in [0.4, 0.5) is 49.5 Å². The largest absolute Gasteiger partial charge is 0.493 e. The normalized spacial score (nSPS) is 14.1. The van der Waals surface area contributed by atoms with Gasteiger partial charge in [0, 0.05) is 57.8 Å². The highest BCUT2D eigenvalue weighted by atomic mass is 32.2. The fraction of sp³-hybridized carbons (Fsp3) is 0.278. The van der Waals surface area contributed by atoms with Crippen LogP contribution in [0.25, 0.3) is 32.9 Å². The van der Waals surface area contributed by atoms with Crippen molar-refractivity contribution in [3.8, 4) is 17.0 Å². The number of benzene rings is 2. The van der Waals surface area contributed by atoms with E-state index in [0.717, 1.165) is 34.9 Å².